The van der Waals surface area contributed by atoms with Gasteiger partial charge in [-0.1, -0.05) is 6.92 Å². The molecular formula is C11H20O3. The maximum Gasteiger partial charge on any atom is 0.164 e. The van der Waals surface area contributed by atoms with Gasteiger partial charge in [0.15, 0.2) is 5.78 Å². The van der Waals surface area contributed by atoms with Crippen molar-refractivity contribution >= 4 is 5.78 Å². The van der Waals surface area contributed by atoms with Crippen LogP contribution in [0.4, 0.5) is 0 Å². The lowest BCUT2D eigenvalue weighted by Gasteiger charge is -2.35. The molecule has 14 heavy (non-hydrogen) atoms. The molecule has 3 nitrogen and oxygen atoms in total. The molecule has 0 amide bonds. The van der Waals surface area contributed by atoms with Gasteiger partial charge in [0.2, 0.25) is 0 Å². The Morgan fingerprint density at radius 1 is 1.36 bits per heavy atom. The Balaban J connectivity index is 2.63. The van der Waals surface area contributed by atoms with Crippen LogP contribution in [0.15, 0.2) is 0 Å². The summed E-state index contributed by atoms with van der Waals surface area (Å²) in [6.45, 7) is 5.87. The van der Waals surface area contributed by atoms with Crippen LogP contribution in [0.5, 0.6) is 0 Å². The molecule has 1 heterocycles. The highest BCUT2D eigenvalue weighted by molar-refractivity contribution is 5.87. The van der Waals surface area contributed by atoms with Crippen molar-refractivity contribution in [3.8, 4) is 0 Å². The van der Waals surface area contributed by atoms with E-state index >= 15 is 0 Å². The Bertz CT molecular complexity index is 177. The number of carbonyl (C=O) groups is 1. The lowest BCUT2D eigenvalue weighted by Crippen LogP contribution is -2.46. The molecule has 3 heteroatoms. The van der Waals surface area contributed by atoms with Crippen molar-refractivity contribution in [3.05, 3.63) is 0 Å². The van der Waals surface area contributed by atoms with Crippen molar-refractivity contribution in [2.45, 2.75) is 45.1 Å². The summed E-state index contributed by atoms with van der Waals surface area (Å²) >= 11 is 0. The van der Waals surface area contributed by atoms with Crippen molar-refractivity contribution in [3.63, 3.8) is 0 Å². The molecule has 82 valence electrons. The summed E-state index contributed by atoms with van der Waals surface area (Å²) in [5.41, 5.74) is -0.525. The lowest BCUT2D eigenvalue weighted by atomic mass is 9.87. The maximum absolute atomic E-state index is 11.9. The number of ketones is 1. The van der Waals surface area contributed by atoms with E-state index in [2.05, 4.69) is 0 Å². The first-order valence-electron chi connectivity index (χ1n) is 5.50. The number of Topliss-reactive ketones (excluding diaryl/α,β-unsaturated/α-hetero) is 1. The number of ether oxygens (including phenoxy) is 2. The van der Waals surface area contributed by atoms with Gasteiger partial charge in [-0.25, -0.2) is 0 Å². The third kappa shape index (κ3) is 2.55. The predicted molar refractivity (Wildman–Crippen MR) is 54.3 cm³/mol. The van der Waals surface area contributed by atoms with Crippen molar-refractivity contribution in [2.24, 2.45) is 0 Å². The first-order chi connectivity index (χ1) is 6.75. The molecule has 1 aliphatic rings. The van der Waals surface area contributed by atoms with Gasteiger partial charge < -0.3 is 9.47 Å². The molecule has 1 fully saturated rings. The minimum absolute atomic E-state index is 0.255. The average Bonchev–Trinajstić information content (AvgIpc) is 2.20. The molecule has 0 bridgehead atoms. The Hall–Kier alpha value is -0.410. The summed E-state index contributed by atoms with van der Waals surface area (Å²) in [6.07, 6.45) is 2.97. The van der Waals surface area contributed by atoms with E-state index in [9.17, 15) is 4.79 Å². The number of hydrogen-bond donors (Lipinski definition) is 0. The molecule has 0 aromatic heterocycles. The summed E-state index contributed by atoms with van der Waals surface area (Å²) < 4.78 is 10.9. The fraction of sp³-hybridized carbons (Fsp3) is 0.909. The predicted octanol–water partition coefficient (Wildman–Crippen LogP) is 1.94. The molecular weight excluding hydrogens is 180 g/mol. The van der Waals surface area contributed by atoms with Crippen LogP contribution in [0.3, 0.4) is 0 Å². The molecule has 0 radical (unpaired) electrons. The zero-order valence-electron chi connectivity index (χ0n) is 9.17. The average molecular weight is 200 g/mol. The Kier molecular flexibility index (Phi) is 4.55. The van der Waals surface area contributed by atoms with Gasteiger partial charge in [0.1, 0.15) is 5.60 Å². The second-order valence-electron chi connectivity index (χ2n) is 3.71. The Labute approximate surface area is 85.8 Å². The molecule has 1 rings (SSSR count). The van der Waals surface area contributed by atoms with Crippen LogP contribution in [0.2, 0.25) is 0 Å². The van der Waals surface area contributed by atoms with Crippen LogP contribution in [-0.2, 0) is 14.3 Å². The molecule has 0 saturated carbocycles. The highest BCUT2D eigenvalue weighted by Gasteiger charge is 2.39. The highest BCUT2D eigenvalue weighted by atomic mass is 16.5. The van der Waals surface area contributed by atoms with Gasteiger partial charge in [-0.05, 0) is 13.3 Å². The first-order valence-corrected chi connectivity index (χ1v) is 5.50. The minimum atomic E-state index is -0.525. The van der Waals surface area contributed by atoms with Crippen LogP contribution in [-0.4, -0.2) is 31.2 Å². The zero-order chi connectivity index (χ0) is 10.4. The lowest BCUT2D eigenvalue weighted by molar-refractivity contribution is -0.157. The number of rotatable bonds is 5. The molecule has 0 spiro atoms. The fourth-order valence-corrected chi connectivity index (χ4v) is 1.94. The monoisotopic (exact) mass is 200 g/mol. The first kappa shape index (κ1) is 11.7. The van der Waals surface area contributed by atoms with Gasteiger partial charge in [0.25, 0.3) is 0 Å². The topological polar surface area (TPSA) is 35.5 Å². The van der Waals surface area contributed by atoms with E-state index in [-0.39, 0.29) is 5.78 Å². The number of carbonyl (C=O) groups excluding carboxylic acids is 1. The van der Waals surface area contributed by atoms with Crippen molar-refractivity contribution in [1.82, 2.24) is 0 Å². The van der Waals surface area contributed by atoms with Gasteiger partial charge in [-0.2, -0.15) is 0 Å². The van der Waals surface area contributed by atoms with E-state index in [0.717, 1.165) is 19.3 Å². The van der Waals surface area contributed by atoms with Gasteiger partial charge in [-0.3, -0.25) is 4.79 Å². The normalized spacial score (nSPS) is 20.7. The second-order valence-corrected chi connectivity index (χ2v) is 3.71. The third-order valence-electron chi connectivity index (χ3n) is 2.71. The second kappa shape index (κ2) is 5.47. The van der Waals surface area contributed by atoms with E-state index in [4.69, 9.17) is 9.47 Å². The maximum atomic E-state index is 11.9. The summed E-state index contributed by atoms with van der Waals surface area (Å²) in [5, 5.41) is 0. The van der Waals surface area contributed by atoms with Crippen molar-refractivity contribution in [1.29, 1.82) is 0 Å². The van der Waals surface area contributed by atoms with E-state index < -0.39 is 5.60 Å². The minimum Gasteiger partial charge on any atom is -0.381 e. The van der Waals surface area contributed by atoms with Crippen LogP contribution >= 0.6 is 0 Å². The van der Waals surface area contributed by atoms with E-state index in [1.165, 1.54) is 0 Å². The van der Waals surface area contributed by atoms with Crippen molar-refractivity contribution in [2.75, 3.05) is 19.8 Å². The smallest absolute Gasteiger partial charge is 0.164 e. The third-order valence-corrected chi connectivity index (χ3v) is 2.71. The van der Waals surface area contributed by atoms with Crippen LogP contribution in [0, 0.1) is 0 Å². The SMILES string of the molecule is CCCC(=O)C1(OCC)CCOCC1. The van der Waals surface area contributed by atoms with Gasteiger partial charge in [0.05, 0.1) is 0 Å². The van der Waals surface area contributed by atoms with Crippen molar-refractivity contribution < 1.29 is 14.3 Å². The Morgan fingerprint density at radius 2 is 2.00 bits per heavy atom. The molecule has 0 aromatic rings. The molecule has 1 aliphatic heterocycles. The molecule has 0 aliphatic carbocycles. The quantitative estimate of drug-likeness (QED) is 0.680. The summed E-state index contributed by atoms with van der Waals surface area (Å²) in [7, 11) is 0. The molecule has 0 N–H and O–H groups in total. The van der Waals surface area contributed by atoms with Gasteiger partial charge >= 0.3 is 0 Å². The zero-order valence-corrected chi connectivity index (χ0v) is 9.17. The highest BCUT2D eigenvalue weighted by Crippen LogP contribution is 2.27. The molecule has 0 aromatic carbocycles. The van der Waals surface area contributed by atoms with Crippen LogP contribution < -0.4 is 0 Å². The molecule has 1 saturated heterocycles. The van der Waals surface area contributed by atoms with Crippen LogP contribution in [0.25, 0.3) is 0 Å². The summed E-state index contributed by atoms with van der Waals surface area (Å²) in [4.78, 5) is 11.9. The van der Waals surface area contributed by atoms with Gasteiger partial charge in [-0.15, -0.1) is 0 Å². The molecule has 0 unspecified atom stereocenters. The fourth-order valence-electron chi connectivity index (χ4n) is 1.94. The largest absolute Gasteiger partial charge is 0.381 e. The summed E-state index contributed by atoms with van der Waals surface area (Å²) in [6, 6.07) is 0. The van der Waals surface area contributed by atoms with E-state index in [1.54, 1.807) is 0 Å². The summed E-state index contributed by atoms with van der Waals surface area (Å²) in [5.74, 6) is 0.255. The van der Waals surface area contributed by atoms with Gasteiger partial charge in [0, 0.05) is 39.1 Å². The standard InChI is InChI=1S/C11H20O3/c1-3-5-10(12)11(14-4-2)6-8-13-9-7-11/h3-9H2,1-2H3. The van der Waals surface area contributed by atoms with E-state index in [0.29, 0.717) is 26.2 Å². The Morgan fingerprint density at radius 3 is 2.50 bits per heavy atom. The number of hydrogen-bond acceptors (Lipinski definition) is 3. The molecule has 0 atom stereocenters. The van der Waals surface area contributed by atoms with Crippen LogP contribution in [0.1, 0.15) is 39.5 Å². The van der Waals surface area contributed by atoms with E-state index in [1.807, 2.05) is 13.8 Å².